The first-order chi connectivity index (χ1) is 7.27. The lowest BCUT2D eigenvalue weighted by Gasteiger charge is -1.96. The average Bonchev–Trinajstić information content (AvgIpc) is 2.20. The molecule has 0 atom stereocenters. The third-order valence-electron chi connectivity index (χ3n) is 2.25. The molecule has 0 amide bonds. The molecule has 0 saturated heterocycles. The number of hydrogen-bond donors (Lipinski definition) is 2. The summed E-state index contributed by atoms with van der Waals surface area (Å²) in [4.78, 5) is 10.2. The second-order valence-corrected chi connectivity index (χ2v) is 3.75. The van der Waals surface area contributed by atoms with Crippen molar-refractivity contribution in [3.63, 3.8) is 0 Å². The zero-order chi connectivity index (χ0) is 11.4. The second kappa shape index (κ2) is 11.2. The van der Waals surface area contributed by atoms with Gasteiger partial charge in [0.1, 0.15) is 0 Å². The number of carbonyl (C=O) groups is 1. The summed E-state index contributed by atoms with van der Waals surface area (Å²) >= 11 is 0. The Labute approximate surface area is 92.4 Å². The number of nitrogens with two attached hydrogens (primary N) is 1. The van der Waals surface area contributed by atoms with Crippen LogP contribution in [0.3, 0.4) is 0 Å². The lowest BCUT2D eigenvalue weighted by Crippen LogP contribution is -1.97. The number of rotatable bonds is 10. The highest BCUT2D eigenvalue weighted by Crippen LogP contribution is 2.04. The quantitative estimate of drug-likeness (QED) is 0.433. The maximum absolute atomic E-state index is 10.2. The van der Waals surface area contributed by atoms with Crippen molar-refractivity contribution in [2.75, 3.05) is 6.54 Å². The van der Waals surface area contributed by atoms with Crippen molar-refractivity contribution in [1.29, 1.82) is 0 Å². The zero-order valence-electron chi connectivity index (χ0n) is 9.45. The molecule has 88 valence electrons. The molecule has 3 N–H and O–H groups in total. The Morgan fingerprint density at radius 1 is 1.00 bits per heavy atom. The molecule has 15 heavy (non-hydrogen) atoms. The van der Waals surface area contributed by atoms with Gasteiger partial charge >= 0.3 is 5.97 Å². The Morgan fingerprint density at radius 2 is 1.60 bits per heavy atom. The van der Waals surface area contributed by atoms with Crippen LogP contribution >= 0.6 is 0 Å². The largest absolute Gasteiger partial charge is 0.481 e. The SMILES string of the molecule is NCCCCCC/C=C/CCCC(=O)O. The van der Waals surface area contributed by atoms with Gasteiger partial charge in [0.25, 0.3) is 0 Å². The van der Waals surface area contributed by atoms with E-state index in [1.54, 1.807) is 0 Å². The number of allylic oxidation sites excluding steroid dienone is 2. The Morgan fingerprint density at radius 3 is 2.20 bits per heavy atom. The van der Waals surface area contributed by atoms with Gasteiger partial charge in [-0.25, -0.2) is 0 Å². The molecule has 0 unspecified atom stereocenters. The molecule has 0 fully saturated rings. The molecule has 0 bridgehead atoms. The molecule has 0 spiro atoms. The Bertz CT molecular complexity index is 178. The van der Waals surface area contributed by atoms with Gasteiger partial charge in [-0.15, -0.1) is 0 Å². The third kappa shape index (κ3) is 13.2. The van der Waals surface area contributed by atoms with Crippen molar-refractivity contribution in [2.45, 2.75) is 51.4 Å². The maximum Gasteiger partial charge on any atom is 0.303 e. The number of aliphatic carboxylic acids is 1. The van der Waals surface area contributed by atoms with E-state index in [0.717, 1.165) is 32.2 Å². The molecule has 0 aromatic rings. The van der Waals surface area contributed by atoms with Gasteiger partial charge in [-0.2, -0.15) is 0 Å². The van der Waals surface area contributed by atoms with E-state index < -0.39 is 5.97 Å². The van der Waals surface area contributed by atoms with E-state index in [4.69, 9.17) is 10.8 Å². The lowest BCUT2D eigenvalue weighted by atomic mass is 10.1. The van der Waals surface area contributed by atoms with Gasteiger partial charge in [0, 0.05) is 6.42 Å². The maximum atomic E-state index is 10.2. The number of hydrogen-bond acceptors (Lipinski definition) is 2. The molecule has 0 saturated carbocycles. The topological polar surface area (TPSA) is 63.3 Å². The highest BCUT2D eigenvalue weighted by Gasteiger charge is 1.93. The molecule has 3 heteroatoms. The van der Waals surface area contributed by atoms with Crippen molar-refractivity contribution in [3.8, 4) is 0 Å². The van der Waals surface area contributed by atoms with Crippen molar-refractivity contribution in [1.82, 2.24) is 0 Å². The summed E-state index contributed by atoms with van der Waals surface area (Å²) < 4.78 is 0. The van der Waals surface area contributed by atoms with Gasteiger partial charge in [-0.05, 0) is 38.6 Å². The third-order valence-corrected chi connectivity index (χ3v) is 2.25. The van der Waals surface area contributed by atoms with E-state index >= 15 is 0 Å². The lowest BCUT2D eigenvalue weighted by molar-refractivity contribution is -0.137. The van der Waals surface area contributed by atoms with Crippen molar-refractivity contribution < 1.29 is 9.90 Å². The molecule has 0 aliphatic heterocycles. The monoisotopic (exact) mass is 213 g/mol. The molecule has 0 aromatic heterocycles. The average molecular weight is 213 g/mol. The van der Waals surface area contributed by atoms with Crippen LogP contribution in [0.5, 0.6) is 0 Å². The first kappa shape index (κ1) is 14.2. The van der Waals surface area contributed by atoms with Gasteiger partial charge in [0.2, 0.25) is 0 Å². The second-order valence-electron chi connectivity index (χ2n) is 3.75. The Balaban J connectivity index is 3.07. The predicted molar refractivity (Wildman–Crippen MR) is 62.8 cm³/mol. The molecule has 0 rings (SSSR count). The minimum absolute atomic E-state index is 0.279. The van der Waals surface area contributed by atoms with Crippen LogP contribution in [0.4, 0.5) is 0 Å². The van der Waals surface area contributed by atoms with E-state index in [2.05, 4.69) is 12.2 Å². The van der Waals surface area contributed by atoms with Gasteiger partial charge in [-0.1, -0.05) is 25.0 Å². The summed E-state index contributed by atoms with van der Waals surface area (Å²) in [5.41, 5.74) is 5.39. The van der Waals surface area contributed by atoms with Gasteiger partial charge < -0.3 is 10.8 Å². The fourth-order valence-corrected chi connectivity index (χ4v) is 1.37. The van der Waals surface area contributed by atoms with Crippen LogP contribution in [0.25, 0.3) is 0 Å². The van der Waals surface area contributed by atoms with Crippen LogP contribution in [-0.4, -0.2) is 17.6 Å². The Hall–Kier alpha value is -0.830. The first-order valence-electron chi connectivity index (χ1n) is 5.84. The number of unbranched alkanes of at least 4 members (excludes halogenated alkanes) is 5. The zero-order valence-corrected chi connectivity index (χ0v) is 9.45. The van der Waals surface area contributed by atoms with E-state index in [-0.39, 0.29) is 6.42 Å². The Kier molecular flexibility index (Phi) is 10.6. The van der Waals surface area contributed by atoms with Gasteiger partial charge in [-0.3, -0.25) is 4.79 Å². The highest BCUT2D eigenvalue weighted by atomic mass is 16.4. The van der Waals surface area contributed by atoms with Crippen LogP contribution < -0.4 is 5.73 Å². The van der Waals surface area contributed by atoms with Gasteiger partial charge in [0.05, 0.1) is 0 Å². The van der Waals surface area contributed by atoms with Crippen molar-refractivity contribution in [2.24, 2.45) is 5.73 Å². The molecular formula is C12H23NO2. The summed E-state index contributed by atoms with van der Waals surface area (Å²) in [6, 6.07) is 0. The van der Waals surface area contributed by atoms with E-state index in [9.17, 15) is 4.79 Å². The van der Waals surface area contributed by atoms with Gasteiger partial charge in [0.15, 0.2) is 0 Å². The molecular weight excluding hydrogens is 190 g/mol. The summed E-state index contributed by atoms with van der Waals surface area (Å²) in [5.74, 6) is -0.704. The number of carboxylic acids is 1. The van der Waals surface area contributed by atoms with E-state index in [1.165, 1.54) is 19.3 Å². The molecule has 0 aromatic carbocycles. The van der Waals surface area contributed by atoms with Crippen LogP contribution in [0.2, 0.25) is 0 Å². The minimum Gasteiger partial charge on any atom is -0.481 e. The first-order valence-corrected chi connectivity index (χ1v) is 5.84. The minimum atomic E-state index is -0.704. The van der Waals surface area contributed by atoms with E-state index in [0.29, 0.717) is 0 Å². The normalized spacial score (nSPS) is 11.0. The standard InChI is InChI=1S/C12H23NO2/c13-11-9-7-5-3-1-2-4-6-8-10-12(14)15/h2,4H,1,3,5-11,13H2,(H,14,15)/b4-2+. The summed E-state index contributed by atoms with van der Waals surface area (Å²) in [6.07, 6.45) is 12.1. The number of carboxylic acid groups (broad SMARTS) is 1. The summed E-state index contributed by atoms with van der Waals surface area (Å²) in [6.45, 7) is 0.797. The van der Waals surface area contributed by atoms with Crippen LogP contribution in [-0.2, 0) is 4.79 Å². The molecule has 0 aliphatic rings. The highest BCUT2D eigenvalue weighted by molar-refractivity contribution is 5.66. The molecule has 3 nitrogen and oxygen atoms in total. The van der Waals surface area contributed by atoms with Crippen LogP contribution in [0, 0.1) is 0 Å². The van der Waals surface area contributed by atoms with Crippen molar-refractivity contribution in [3.05, 3.63) is 12.2 Å². The van der Waals surface area contributed by atoms with Crippen LogP contribution in [0.15, 0.2) is 12.2 Å². The smallest absolute Gasteiger partial charge is 0.303 e. The summed E-state index contributed by atoms with van der Waals surface area (Å²) in [7, 11) is 0. The molecule has 0 aliphatic carbocycles. The molecule has 0 heterocycles. The summed E-state index contributed by atoms with van der Waals surface area (Å²) in [5, 5.41) is 8.40. The van der Waals surface area contributed by atoms with Crippen molar-refractivity contribution >= 4 is 5.97 Å². The fourth-order valence-electron chi connectivity index (χ4n) is 1.37. The molecule has 0 radical (unpaired) electrons. The predicted octanol–water partition coefficient (Wildman–Crippen LogP) is 2.71. The van der Waals surface area contributed by atoms with E-state index in [1.807, 2.05) is 0 Å². The fraction of sp³-hybridized carbons (Fsp3) is 0.750. The van der Waals surface area contributed by atoms with Crippen LogP contribution in [0.1, 0.15) is 51.4 Å².